The van der Waals surface area contributed by atoms with Crippen molar-refractivity contribution in [3.8, 4) is 0 Å². The predicted molar refractivity (Wildman–Crippen MR) is 55.0 cm³/mol. The third-order valence-electron chi connectivity index (χ3n) is 2.29. The van der Waals surface area contributed by atoms with Crippen molar-refractivity contribution in [3.05, 3.63) is 28.0 Å². The molecule has 12 heavy (non-hydrogen) atoms. The standard InChI is InChI=1S/C10H12BrN/c1-10(2)4-3-7-8(11)6-12-9(7)5-10/h3-4,6,12H,5H2,1-2H3. The van der Waals surface area contributed by atoms with Crippen LogP contribution in [0.5, 0.6) is 0 Å². The molecule has 1 heterocycles. The van der Waals surface area contributed by atoms with Gasteiger partial charge in [-0.05, 0) is 27.8 Å². The van der Waals surface area contributed by atoms with Crippen molar-refractivity contribution < 1.29 is 0 Å². The molecule has 0 bridgehead atoms. The normalized spacial score (nSPS) is 19.2. The molecule has 1 aliphatic carbocycles. The van der Waals surface area contributed by atoms with Crippen molar-refractivity contribution in [1.29, 1.82) is 0 Å². The zero-order valence-electron chi connectivity index (χ0n) is 7.32. The molecule has 0 unspecified atom stereocenters. The van der Waals surface area contributed by atoms with Gasteiger partial charge in [0.15, 0.2) is 0 Å². The monoisotopic (exact) mass is 225 g/mol. The summed E-state index contributed by atoms with van der Waals surface area (Å²) >= 11 is 3.51. The summed E-state index contributed by atoms with van der Waals surface area (Å²) in [5.74, 6) is 0. The van der Waals surface area contributed by atoms with E-state index in [1.54, 1.807) is 0 Å². The van der Waals surface area contributed by atoms with Crippen LogP contribution in [0.4, 0.5) is 0 Å². The summed E-state index contributed by atoms with van der Waals surface area (Å²) in [6.07, 6.45) is 7.58. The van der Waals surface area contributed by atoms with E-state index >= 15 is 0 Å². The van der Waals surface area contributed by atoms with Crippen LogP contribution in [-0.2, 0) is 6.42 Å². The number of aromatic amines is 1. The first-order chi connectivity index (χ1) is 5.58. The Bertz CT molecular complexity index is 334. The average molecular weight is 226 g/mol. The molecular formula is C10H12BrN. The number of nitrogens with one attached hydrogen (secondary N) is 1. The lowest BCUT2D eigenvalue weighted by Gasteiger charge is -2.23. The van der Waals surface area contributed by atoms with E-state index in [0.29, 0.717) is 5.41 Å². The van der Waals surface area contributed by atoms with E-state index in [2.05, 4.69) is 46.9 Å². The van der Waals surface area contributed by atoms with E-state index in [-0.39, 0.29) is 0 Å². The highest BCUT2D eigenvalue weighted by Gasteiger charge is 2.22. The van der Waals surface area contributed by atoms with Gasteiger partial charge in [-0.2, -0.15) is 0 Å². The van der Waals surface area contributed by atoms with E-state index in [0.717, 1.165) is 6.42 Å². The van der Waals surface area contributed by atoms with Crippen LogP contribution in [0.1, 0.15) is 25.1 Å². The molecule has 0 saturated heterocycles. The van der Waals surface area contributed by atoms with Crippen molar-refractivity contribution in [2.45, 2.75) is 20.3 Å². The Hall–Kier alpha value is -0.500. The number of halogens is 1. The largest absolute Gasteiger partial charge is 0.363 e. The first-order valence-electron chi connectivity index (χ1n) is 4.13. The number of fused-ring (bicyclic) bond motifs is 1. The Kier molecular flexibility index (Phi) is 1.69. The highest BCUT2D eigenvalue weighted by molar-refractivity contribution is 9.10. The van der Waals surface area contributed by atoms with Gasteiger partial charge >= 0.3 is 0 Å². The van der Waals surface area contributed by atoms with Crippen LogP contribution in [0.25, 0.3) is 6.08 Å². The topological polar surface area (TPSA) is 15.8 Å². The van der Waals surface area contributed by atoms with Crippen molar-refractivity contribution in [3.63, 3.8) is 0 Å². The van der Waals surface area contributed by atoms with E-state index < -0.39 is 0 Å². The second-order valence-electron chi connectivity index (χ2n) is 4.03. The van der Waals surface area contributed by atoms with E-state index in [4.69, 9.17) is 0 Å². The van der Waals surface area contributed by atoms with Crippen LogP contribution in [0.3, 0.4) is 0 Å². The fourth-order valence-electron chi connectivity index (χ4n) is 1.60. The number of aromatic nitrogens is 1. The molecule has 1 N–H and O–H groups in total. The fraction of sp³-hybridized carbons (Fsp3) is 0.400. The van der Waals surface area contributed by atoms with E-state index in [9.17, 15) is 0 Å². The average Bonchev–Trinajstić information content (AvgIpc) is 2.30. The van der Waals surface area contributed by atoms with Crippen LogP contribution < -0.4 is 0 Å². The zero-order chi connectivity index (χ0) is 8.77. The molecule has 1 nitrogen and oxygen atoms in total. The van der Waals surface area contributed by atoms with Gasteiger partial charge in [0, 0.05) is 21.9 Å². The number of hydrogen-bond donors (Lipinski definition) is 1. The molecule has 1 aromatic rings. The Balaban J connectivity index is 2.48. The summed E-state index contributed by atoms with van der Waals surface area (Å²) in [5, 5.41) is 0. The van der Waals surface area contributed by atoms with Gasteiger partial charge < -0.3 is 4.98 Å². The summed E-state index contributed by atoms with van der Waals surface area (Å²) in [5.41, 5.74) is 2.96. The first kappa shape index (κ1) is 8.11. The molecule has 64 valence electrons. The molecule has 0 aromatic carbocycles. The Labute approximate surface area is 81.0 Å². The van der Waals surface area contributed by atoms with Crippen LogP contribution in [-0.4, -0.2) is 4.98 Å². The molecule has 0 aliphatic heterocycles. The minimum atomic E-state index is 0.303. The van der Waals surface area contributed by atoms with Crippen LogP contribution in [0, 0.1) is 5.41 Å². The van der Waals surface area contributed by atoms with Crippen molar-refractivity contribution in [2.24, 2.45) is 5.41 Å². The highest BCUT2D eigenvalue weighted by Crippen LogP contribution is 2.34. The highest BCUT2D eigenvalue weighted by atomic mass is 79.9. The molecule has 0 spiro atoms. The number of H-pyrrole nitrogens is 1. The molecule has 2 rings (SSSR count). The van der Waals surface area contributed by atoms with Crippen LogP contribution in [0.15, 0.2) is 16.7 Å². The summed E-state index contributed by atoms with van der Waals surface area (Å²) in [6, 6.07) is 0. The summed E-state index contributed by atoms with van der Waals surface area (Å²) < 4.78 is 1.17. The molecule has 1 aliphatic rings. The van der Waals surface area contributed by atoms with Crippen molar-refractivity contribution in [1.82, 2.24) is 4.98 Å². The Morgan fingerprint density at radius 3 is 3.00 bits per heavy atom. The third-order valence-corrected chi connectivity index (χ3v) is 2.95. The lowest BCUT2D eigenvalue weighted by atomic mass is 9.82. The van der Waals surface area contributed by atoms with E-state index in [1.807, 2.05) is 6.20 Å². The number of rotatable bonds is 0. The second-order valence-corrected chi connectivity index (χ2v) is 4.88. The minimum Gasteiger partial charge on any atom is -0.363 e. The lowest BCUT2D eigenvalue weighted by Crippen LogP contribution is -2.15. The maximum atomic E-state index is 3.51. The molecule has 0 atom stereocenters. The minimum absolute atomic E-state index is 0.303. The SMILES string of the molecule is CC1(C)C=Cc2c(Br)c[nH]c2C1. The number of hydrogen-bond acceptors (Lipinski definition) is 0. The fourth-order valence-corrected chi connectivity index (χ4v) is 2.09. The van der Waals surface area contributed by atoms with Crippen molar-refractivity contribution in [2.75, 3.05) is 0 Å². The summed E-state index contributed by atoms with van der Waals surface area (Å²) in [6.45, 7) is 4.50. The van der Waals surface area contributed by atoms with Gasteiger partial charge in [-0.25, -0.2) is 0 Å². The summed E-state index contributed by atoms with van der Waals surface area (Å²) in [4.78, 5) is 3.28. The molecule has 0 radical (unpaired) electrons. The summed E-state index contributed by atoms with van der Waals surface area (Å²) in [7, 11) is 0. The van der Waals surface area contributed by atoms with E-state index in [1.165, 1.54) is 15.7 Å². The smallest absolute Gasteiger partial charge is 0.0425 e. The van der Waals surface area contributed by atoms with Gasteiger partial charge in [-0.15, -0.1) is 0 Å². The predicted octanol–water partition coefficient (Wildman–Crippen LogP) is 3.37. The van der Waals surface area contributed by atoms with Gasteiger partial charge in [0.25, 0.3) is 0 Å². The van der Waals surface area contributed by atoms with Crippen LogP contribution >= 0.6 is 15.9 Å². The quantitative estimate of drug-likeness (QED) is 0.698. The van der Waals surface area contributed by atoms with Gasteiger partial charge in [-0.3, -0.25) is 0 Å². The Morgan fingerprint density at radius 1 is 1.50 bits per heavy atom. The first-order valence-corrected chi connectivity index (χ1v) is 4.93. The lowest BCUT2D eigenvalue weighted by molar-refractivity contribution is 0.469. The maximum absolute atomic E-state index is 3.51. The van der Waals surface area contributed by atoms with Crippen molar-refractivity contribution >= 4 is 22.0 Å². The second kappa shape index (κ2) is 2.49. The van der Waals surface area contributed by atoms with Gasteiger partial charge in [0.05, 0.1) is 0 Å². The maximum Gasteiger partial charge on any atom is 0.0425 e. The zero-order valence-corrected chi connectivity index (χ0v) is 8.90. The van der Waals surface area contributed by atoms with Gasteiger partial charge in [0.2, 0.25) is 0 Å². The van der Waals surface area contributed by atoms with Gasteiger partial charge in [-0.1, -0.05) is 26.0 Å². The third kappa shape index (κ3) is 1.24. The van der Waals surface area contributed by atoms with Gasteiger partial charge in [0.1, 0.15) is 0 Å². The van der Waals surface area contributed by atoms with Crippen LogP contribution in [0.2, 0.25) is 0 Å². The molecule has 0 fully saturated rings. The molecule has 0 saturated carbocycles. The molecular weight excluding hydrogens is 214 g/mol. The Morgan fingerprint density at radius 2 is 2.25 bits per heavy atom. The number of allylic oxidation sites excluding steroid dienone is 1. The molecule has 1 aromatic heterocycles. The molecule has 2 heteroatoms. The molecule has 0 amide bonds.